The van der Waals surface area contributed by atoms with E-state index in [9.17, 15) is 18.0 Å². The van der Waals surface area contributed by atoms with Gasteiger partial charge >= 0.3 is 0 Å². The van der Waals surface area contributed by atoms with Crippen LogP contribution in [-0.2, 0) is 14.8 Å². The number of nitrogens with one attached hydrogen (secondary N) is 1. The Kier molecular flexibility index (Phi) is 5.81. The van der Waals surface area contributed by atoms with Gasteiger partial charge in [0.2, 0.25) is 15.9 Å². The van der Waals surface area contributed by atoms with Gasteiger partial charge in [-0.1, -0.05) is 17.7 Å². The fourth-order valence-corrected chi connectivity index (χ4v) is 4.43. The molecule has 0 aromatic heterocycles. The van der Waals surface area contributed by atoms with Gasteiger partial charge in [0.25, 0.3) is 5.91 Å². The van der Waals surface area contributed by atoms with Crippen LogP contribution in [0, 0.1) is 6.92 Å². The average Bonchev–Trinajstić information content (AvgIpc) is 2.70. The second kappa shape index (κ2) is 8.12. The lowest BCUT2D eigenvalue weighted by Crippen LogP contribution is -2.49. The summed E-state index contributed by atoms with van der Waals surface area (Å²) < 4.78 is 26.9. The van der Waals surface area contributed by atoms with Crippen molar-refractivity contribution < 1.29 is 18.0 Å². The highest BCUT2D eigenvalue weighted by Crippen LogP contribution is 2.19. The number of nitrogens with zero attached hydrogens (tertiary/aromatic N) is 2. The Bertz CT molecular complexity index is 962. The molecule has 28 heavy (non-hydrogen) atoms. The number of anilines is 1. The molecule has 1 heterocycles. The third-order valence-electron chi connectivity index (χ3n) is 4.75. The number of piperazine rings is 1. The fraction of sp³-hybridized carbons (Fsp3) is 0.300. The van der Waals surface area contributed by atoms with Crippen LogP contribution in [0.15, 0.2) is 53.4 Å². The molecule has 148 valence electrons. The van der Waals surface area contributed by atoms with E-state index in [4.69, 9.17) is 0 Å². The highest BCUT2D eigenvalue weighted by Gasteiger charge is 2.29. The van der Waals surface area contributed by atoms with E-state index in [1.807, 2.05) is 31.2 Å². The number of hydrogen-bond donors (Lipinski definition) is 1. The number of amides is 2. The van der Waals surface area contributed by atoms with Crippen molar-refractivity contribution in [2.75, 3.05) is 31.5 Å². The van der Waals surface area contributed by atoms with Gasteiger partial charge in [0.1, 0.15) is 0 Å². The molecule has 0 saturated carbocycles. The standard InChI is InChI=1S/C20H23N3O4S/c1-15-3-7-18(8-4-15)21-20(25)17-5-9-19(10-6-17)28(26,27)23-13-11-22(12-14-23)16(2)24/h3-10H,11-14H2,1-2H3,(H,21,25). The molecule has 2 amide bonds. The van der Waals surface area contributed by atoms with Crippen molar-refractivity contribution in [2.45, 2.75) is 18.7 Å². The van der Waals surface area contributed by atoms with Gasteiger partial charge in [-0.3, -0.25) is 9.59 Å². The Balaban J connectivity index is 1.68. The highest BCUT2D eigenvalue weighted by atomic mass is 32.2. The fourth-order valence-electron chi connectivity index (χ4n) is 3.01. The molecule has 1 aliphatic rings. The Morgan fingerprint density at radius 3 is 2.00 bits per heavy atom. The van der Waals surface area contributed by atoms with Gasteiger partial charge in [0.15, 0.2) is 0 Å². The molecular formula is C20H23N3O4S. The molecule has 3 rings (SSSR count). The van der Waals surface area contributed by atoms with E-state index >= 15 is 0 Å². The van der Waals surface area contributed by atoms with Gasteiger partial charge in [-0.15, -0.1) is 0 Å². The summed E-state index contributed by atoms with van der Waals surface area (Å²) in [6, 6.07) is 13.3. The normalized spacial score (nSPS) is 15.3. The number of carbonyl (C=O) groups excluding carboxylic acids is 2. The van der Waals surface area contributed by atoms with Crippen LogP contribution in [-0.4, -0.2) is 55.6 Å². The number of carbonyl (C=O) groups is 2. The van der Waals surface area contributed by atoms with Crippen LogP contribution in [0.3, 0.4) is 0 Å². The van der Waals surface area contributed by atoms with Gasteiger partial charge in [-0.05, 0) is 43.3 Å². The molecule has 0 radical (unpaired) electrons. The molecule has 1 N–H and O–H groups in total. The first-order chi connectivity index (χ1) is 13.3. The number of benzene rings is 2. The summed E-state index contributed by atoms with van der Waals surface area (Å²) in [5.74, 6) is -0.358. The molecule has 0 unspecified atom stereocenters. The summed E-state index contributed by atoms with van der Waals surface area (Å²) in [5, 5.41) is 2.79. The minimum absolute atomic E-state index is 0.0546. The third kappa shape index (κ3) is 4.40. The topological polar surface area (TPSA) is 86.8 Å². The van der Waals surface area contributed by atoms with E-state index in [0.29, 0.717) is 24.3 Å². The van der Waals surface area contributed by atoms with E-state index in [1.54, 1.807) is 4.90 Å². The van der Waals surface area contributed by atoms with Crippen LogP contribution < -0.4 is 5.32 Å². The summed E-state index contributed by atoms with van der Waals surface area (Å²) in [7, 11) is -3.65. The quantitative estimate of drug-likeness (QED) is 0.850. The first-order valence-electron chi connectivity index (χ1n) is 9.01. The van der Waals surface area contributed by atoms with Gasteiger partial charge in [-0.25, -0.2) is 8.42 Å². The molecule has 1 aliphatic heterocycles. The molecule has 2 aromatic rings. The van der Waals surface area contributed by atoms with Crippen molar-refractivity contribution in [3.05, 3.63) is 59.7 Å². The largest absolute Gasteiger partial charge is 0.340 e. The van der Waals surface area contributed by atoms with Crippen LogP contribution in [0.1, 0.15) is 22.8 Å². The highest BCUT2D eigenvalue weighted by molar-refractivity contribution is 7.89. The molecule has 0 atom stereocenters. The van der Waals surface area contributed by atoms with E-state index in [1.165, 1.54) is 35.5 Å². The van der Waals surface area contributed by atoms with Gasteiger partial charge in [0.05, 0.1) is 4.90 Å². The minimum Gasteiger partial charge on any atom is -0.340 e. The predicted octanol–water partition coefficient (Wildman–Crippen LogP) is 2.10. The lowest BCUT2D eigenvalue weighted by Gasteiger charge is -2.33. The van der Waals surface area contributed by atoms with Crippen LogP contribution in [0.2, 0.25) is 0 Å². The van der Waals surface area contributed by atoms with E-state index < -0.39 is 10.0 Å². The summed E-state index contributed by atoms with van der Waals surface area (Å²) in [5.41, 5.74) is 2.15. The van der Waals surface area contributed by atoms with Gasteiger partial charge in [-0.2, -0.15) is 4.31 Å². The van der Waals surface area contributed by atoms with E-state index in [2.05, 4.69) is 5.32 Å². The molecule has 2 aromatic carbocycles. The maximum atomic E-state index is 12.8. The Morgan fingerprint density at radius 2 is 1.46 bits per heavy atom. The van der Waals surface area contributed by atoms with Crippen molar-refractivity contribution in [1.29, 1.82) is 0 Å². The second-order valence-corrected chi connectivity index (χ2v) is 8.69. The maximum absolute atomic E-state index is 12.8. The molecule has 1 fully saturated rings. The average molecular weight is 401 g/mol. The van der Waals surface area contributed by atoms with Crippen molar-refractivity contribution >= 4 is 27.5 Å². The summed E-state index contributed by atoms with van der Waals surface area (Å²) >= 11 is 0. The number of aryl methyl sites for hydroxylation is 1. The zero-order valence-corrected chi connectivity index (χ0v) is 16.7. The van der Waals surface area contributed by atoms with E-state index in [-0.39, 0.29) is 29.8 Å². The van der Waals surface area contributed by atoms with Crippen LogP contribution >= 0.6 is 0 Å². The summed E-state index contributed by atoms with van der Waals surface area (Å²) in [4.78, 5) is 25.5. The summed E-state index contributed by atoms with van der Waals surface area (Å²) in [6.45, 7) is 4.72. The Hall–Kier alpha value is -2.71. The first kappa shape index (κ1) is 20.0. The minimum atomic E-state index is -3.65. The number of rotatable bonds is 4. The number of hydrogen-bond acceptors (Lipinski definition) is 4. The molecule has 7 nitrogen and oxygen atoms in total. The molecular weight excluding hydrogens is 378 g/mol. The Morgan fingerprint density at radius 1 is 0.893 bits per heavy atom. The Labute approximate surface area is 165 Å². The van der Waals surface area contributed by atoms with Gasteiger partial charge < -0.3 is 10.2 Å². The molecule has 0 spiro atoms. The first-order valence-corrected chi connectivity index (χ1v) is 10.4. The van der Waals surface area contributed by atoms with Crippen molar-refractivity contribution in [2.24, 2.45) is 0 Å². The lowest BCUT2D eigenvalue weighted by molar-refractivity contribution is -0.129. The lowest BCUT2D eigenvalue weighted by atomic mass is 10.2. The SMILES string of the molecule is CC(=O)N1CCN(S(=O)(=O)c2ccc(C(=O)Nc3ccc(C)cc3)cc2)CC1. The van der Waals surface area contributed by atoms with Crippen LogP contribution in [0.25, 0.3) is 0 Å². The monoisotopic (exact) mass is 401 g/mol. The smallest absolute Gasteiger partial charge is 0.255 e. The molecule has 1 saturated heterocycles. The van der Waals surface area contributed by atoms with Crippen molar-refractivity contribution in [1.82, 2.24) is 9.21 Å². The maximum Gasteiger partial charge on any atom is 0.255 e. The predicted molar refractivity (Wildman–Crippen MR) is 107 cm³/mol. The molecule has 0 bridgehead atoms. The number of sulfonamides is 1. The second-order valence-electron chi connectivity index (χ2n) is 6.75. The van der Waals surface area contributed by atoms with Crippen molar-refractivity contribution in [3.63, 3.8) is 0 Å². The van der Waals surface area contributed by atoms with Crippen LogP contribution in [0.4, 0.5) is 5.69 Å². The van der Waals surface area contributed by atoms with Crippen LogP contribution in [0.5, 0.6) is 0 Å². The zero-order valence-electron chi connectivity index (χ0n) is 15.9. The third-order valence-corrected chi connectivity index (χ3v) is 6.66. The summed E-state index contributed by atoms with van der Waals surface area (Å²) in [6.07, 6.45) is 0. The van der Waals surface area contributed by atoms with Gasteiger partial charge in [0, 0.05) is 44.4 Å². The molecule has 0 aliphatic carbocycles. The zero-order chi connectivity index (χ0) is 20.3. The van der Waals surface area contributed by atoms with Crippen molar-refractivity contribution in [3.8, 4) is 0 Å². The van der Waals surface area contributed by atoms with E-state index in [0.717, 1.165) is 5.56 Å². The molecule has 8 heteroatoms.